The Bertz CT molecular complexity index is 722. The van der Waals surface area contributed by atoms with Crippen molar-refractivity contribution in [1.29, 1.82) is 0 Å². The van der Waals surface area contributed by atoms with Gasteiger partial charge in [-0.15, -0.1) is 0 Å². The normalized spacial score (nSPS) is 32.2. The van der Waals surface area contributed by atoms with E-state index >= 15 is 0 Å². The molecule has 2 amide bonds. The number of fused-ring (bicyclic) bond motifs is 1. The average Bonchev–Trinajstić information content (AvgIpc) is 3.01. The first-order valence-electron chi connectivity index (χ1n) is 7.90. The van der Waals surface area contributed by atoms with Gasteiger partial charge in [-0.05, 0) is 19.1 Å². The van der Waals surface area contributed by atoms with E-state index in [1.165, 1.54) is 24.1 Å². The van der Waals surface area contributed by atoms with E-state index in [4.69, 9.17) is 4.74 Å². The summed E-state index contributed by atoms with van der Waals surface area (Å²) >= 11 is 0. The molecule has 2 fully saturated rings. The third-order valence-electron chi connectivity index (χ3n) is 5.18. The number of imide groups is 1. The zero-order valence-electron chi connectivity index (χ0n) is 13.8. The Labute approximate surface area is 139 Å². The number of rotatable bonds is 3. The van der Waals surface area contributed by atoms with Gasteiger partial charge in [-0.1, -0.05) is 12.1 Å². The van der Waals surface area contributed by atoms with Gasteiger partial charge in [0.25, 0.3) is 0 Å². The highest BCUT2D eigenvalue weighted by molar-refractivity contribution is 6.08. The quantitative estimate of drug-likeness (QED) is 0.623. The van der Waals surface area contributed by atoms with Crippen molar-refractivity contribution >= 4 is 17.8 Å². The number of methoxy groups -OCH3 is 1. The highest BCUT2D eigenvalue weighted by Crippen LogP contribution is 2.44. The summed E-state index contributed by atoms with van der Waals surface area (Å²) < 4.78 is 18.5. The average molecular weight is 335 g/mol. The summed E-state index contributed by atoms with van der Waals surface area (Å²) in [5, 5.41) is 1.67. The van der Waals surface area contributed by atoms with Gasteiger partial charge in [-0.2, -0.15) is 0 Å². The second kappa shape index (κ2) is 5.66. The van der Waals surface area contributed by atoms with Gasteiger partial charge in [-0.25, -0.2) is 9.18 Å². The molecule has 0 aromatic heterocycles. The summed E-state index contributed by atoms with van der Waals surface area (Å²) in [7, 11) is 1.25. The zero-order chi connectivity index (χ0) is 17.6. The number of carbonyl (C=O) groups is 3. The summed E-state index contributed by atoms with van der Waals surface area (Å²) in [5.41, 5.74) is -0.635. The maximum Gasteiger partial charge on any atom is 0.368 e. The number of benzene rings is 1. The van der Waals surface area contributed by atoms with Crippen LogP contribution in [-0.4, -0.2) is 41.9 Å². The predicted molar refractivity (Wildman–Crippen MR) is 80.9 cm³/mol. The third kappa shape index (κ3) is 2.15. The van der Waals surface area contributed by atoms with Gasteiger partial charge in [0.15, 0.2) is 0 Å². The Kier molecular flexibility index (Phi) is 3.91. The van der Waals surface area contributed by atoms with Crippen LogP contribution in [0.25, 0.3) is 0 Å². The van der Waals surface area contributed by atoms with Crippen LogP contribution < -0.4 is 5.32 Å². The van der Waals surface area contributed by atoms with E-state index in [9.17, 15) is 18.8 Å². The van der Waals surface area contributed by atoms with Crippen molar-refractivity contribution in [2.45, 2.75) is 25.4 Å². The lowest BCUT2D eigenvalue weighted by Gasteiger charge is -2.25. The molecule has 0 saturated carbocycles. The number of quaternary nitrogens is 1. The minimum absolute atomic E-state index is 0.248. The minimum atomic E-state index is -1.22. The maximum absolute atomic E-state index is 13.6. The Morgan fingerprint density at radius 2 is 2.08 bits per heavy atom. The fourth-order valence-electron chi connectivity index (χ4n) is 4.07. The van der Waals surface area contributed by atoms with Crippen LogP contribution in [0.2, 0.25) is 0 Å². The Balaban J connectivity index is 2.11. The number of nitrogens with zero attached hydrogens (tertiary/aromatic N) is 1. The van der Waals surface area contributed by atoms with Gasteiger partial charge in [-0.3, -0.25) is 14.5 Å². The van der Waals surface area contributed by atoms with Crippen molar-refractivity contribution in [3.05, 3.63) is 35.6 Å². The number of hydrogen-bond acceptors (Lipinski definition) is 4. The molecule has 0 unspecified atom stereocenters. The molecule has 2 N–H and O–H groups in total. The van der Waals surface area contributed by atoms with Gasteiger partial charge in [0.1, 0.15) is 23.7 Å². The second-order valence-electron chi connectivity index (χ2n) is 6.45. The van der Waals surface area contributed by atoms with Crippen LogP contribution in [0.5, 0.6) is 0 Å². The van der Waals surface area contributed by atoms with Crippen molar-refractivity contribution in [2.75, 3.05) is 13.7 Å². The van der Waals surface area contributed by atoms with Gasteiger partial charge in [0.2, 0.25) is 17.4 Å². The molecule has 2 aliphatic heterocycles. The maximum atomic E-state index is 13.6. The molecule has 1 aromatic rings. The Hall–Kier alpha value is -2.28. The van der Waals surface area contributed by atoms with Crippen molar-refractivity contribution in [3.8, 4) is 0 Å². The summed E-state index contributed by atoms with van der Waals surface area (Å²) in [6.45, 7) is 3.57. The third-order valence-corrected chi connectivity index (χ3v) is 5.18. The summed E-state index contributed by atoms with van der Waals surface area (Å²) in [6.07, 6.45) is 0. The first kappa shape index (κ1) is 16.6. The molecule has 128 valence electrons. The molecular weight excluding hydrogens is 315 g/mol. The first-order valence-corrected chi connectivity index (χ1v) is 7.90. The smallest absolute Gasteiger partial charge is 0.368 e. The molecule has 0 bridgehead atoms. The molecule has 0 aliphatic carbocycles. The largest absolute Gasteiger partial charge is 0.464 e. The van der Waals surface area contributed by atoms with Crippen LogP contribution in [0.15, 0.2) is 24.3 Å². The van der Waals surface area contributed by atoms with Crippen LogP contribution >= 0.6 is 0 Å². The lowest BCUT2D eigenvalue weighted by molar-refractivity contribution is -0.731. The molecule has 2 saturated heterocycles. The Morgan fingerprint density at radius 3 is 2.67 bits per heavy atom. The van der Waals surface area contributed by atoms with E-state index in [0.717, 1.165) is 0 Å². The topological polar surface area (TPSA) is 80.3 Å². The van der Waals surface area contributed by atoms with Crippen molar-refractivity contribution in [1.82, 2.24) is 4.90 Å². The molecule has 4 atom stereocenters. The minimum Gasteiger partial charge on any atom is -0.464 e. The van der Waals surface area contributed by atoms with E-state index in [1.807, 2.05) is 0 Å². The highest BCUT2D eigenvalue weighted by atomic mass is 19.1. The van der Waals surface area contributed by atoms with Crippen LogP contribution in [0, 0.1) is 17.7 Å². The second-order valence-corrected chi connectivity index (χ2v) is 6.45. The highest BCUT2D eigenvalue weighted by Gasteiger charge is 2.70. The summed E-state index contributed by atoms with van der Waals surface area (Å²) in [4.78, 5) is 39.0. The number of likely N-dealkylation sites (tertiary alicyclic amines) is 1. The number of esters is 1. The number of hydrogen-bond donors (Lipinski definition) is 1. The van der Waals surface area contributed by atoms with E-state index in [-0.39, 0.29) is 18.4 Å². The zero-order valence-corrected chi connectivity index (χ0v) is 13.8. The molecule has 24 heavy (non-hydrogen) atoms. The summed E-state index contributed by atoms with van der Waals surface area (Å²) in [5.74, 6) is -3.18. The van der Waals surface area contributed by atoms with Crippen molar-refractivity contribution in [2.24, 2.45) is 11.8 Å². The van der Waals surface area contributed by atoms with Gasteiger partial charge >= 0.3 is 5.97 Å². The van der Waals surface area contributed by atoms with E-state index in [1.54, 1.807) is 31.3 Å². The van der Waals surface area contributed by atoms with Crippen LogP contribution in [0.1, 0.15) is 25.5 Å². The van der Waals surface area contributed by atoms with Crippen molar-refractivity contribution in [3.63, 3.8) is 0 Å². The van der Waals surface area contributed by atoms with E-state index in [0.29, 0.717) is 5.56 Å². The fourth-order valence-corrected chi connectivity index (χ4v) is 4.07. The lowest BCUT2D eigenvalue weighted by Crippen LogP contribution is -2.97. The molecule has 7 heteroatoms. The molecule has 1 aromatic carbocycles. The van der Waals surface area contributed by atoms with E-state index in [2.05, 4.69) is 0 Å². The Morgan fingerprint density at radius 1 is 1.38 bits per heavy atom. The molecule has 6 nitrogen and oxygen atoms in total. The van der Waals surface area contributed by atoms with Gasteiger partial charge in [0, 0.05) is 19.0 Å². The van der Waals surface area contributed by atoms with Crippen LogP contribution in [-0.2, 0) is 19.1 Å². The van der Waals surface area contributed by atoms with E-state index < -0.39 is 35.2 Å². The standard InChI is InChI=1S/C17H19FN2O4/c1-4-20-14(21)11-12(15(20)22)17(2,16(23)24-3)19-13(11)9-6-5-7-10(18)8-9/h5-8,11-13,19H,4H2,1-3H3/p+1/t11-,12-,13+,17+/m0/s1. The number of nitrogens with two attached hydrogens (primary N) is 1. The SMILES string of the molecule is CCN1C(=O)[C@@H]2[C@@H](c3cccc(F)c3)[NH2+][C@@](C)(C(=O)OC)[C@@H]2C1=O. The fraction of sp³-hybridized carbons (Fsp3) is 0.471. The molecule has 2 aliphatic rings. The van der Waals surface area contributed by atoms with Gasteiger partial charge in [0.05, 0.1) is 7.11 Å². The molecule has 0 spiro atoms. The molecule has 3 rings (SSSR count). The number of amides is 2. The number of carbonyl (C=O) groups excluding carboxylic acids is 3. The number of ether oxygens (including phenoxy) is 1. The monoisotopic (exact) mass is 335 g/mol. The molecule has 0 radical (unpaired) electrons. The van der Waals surface area contributed by atoms with Crippen molar-refractivity contribution < 1.29 is 28.8 Å². The first-order chi connectivity index (χ1) is 11.3. The molecule has 2 heterocycles. The lowest BCUT2D eigenvalue weighted by atomic mass is 9.80. The summed E-state index contributed by atoms with van der Waals surface area (Å²) in [6, 6.07) is 5.41. The van der Waals surface area contributed by atoms with Gasteiger partial charge < -0.3 is 10.1 Å². The predicted octanol–water partition coefficient (Wildman–Crippen LogP) is -0.00340. The molecular formula is C17H20FN2O4+. The number of halogens is 1. The van der Waals surface area contributed by atoms with Crippen LogP contribution in [0.3, 0.4) is 0 Å². The van der Waals surface area contributed by atoms with Crippen LogP contribution in [0.4, 0.5) is 4.39 Å².